The Morgan fingerprint density at radius 3 is 2.74 bits per heavy atom. The van der Waals surface area contributed by atoms with Gasteiger partial charge in [0.2, 0.25) is 0 Å². The first-order chi connectivity index (χ1) is 9.10. The van der Waals surface area contributed by atoms with Crippen molar-refractivity contribution in [1.29, 1.82) is 0 Å². The molecular weight excluding hydrogens is 324 g/mol. The number of thiophene rings is 1. The summed E-state index contributed by atoms with van der Waals surface area (Å²) >= 11 is 5.17. The molecule has 0 radical (unpaired) electrons. The van der Waals surface area contributed by atoms with E-state index in [2.05, 4.69) is 39.6 Å². The van der Waals surface area contributed by atoms with E-state index < -0.39 is 0 Å². The Hall–Kier alpha value is -1.33. The number of carbonyl (C=O) groups excluding carboxylic acids is 1. The topological polar surface area (TPSA) is 41.1 Å². The third-order valence-corrected chi connectivity index (χ3v) is 4.56. The summed E-state index contributed by atoms with van der Waals surface area (Å²) in [5, 5.41) is 6.03. The molecule has 0 aliphatic rings. The standard InChI is InChI=1S/C14H15BrN2OS/c1-9(12-6-7-13(15)19-12)17-11-5-3-4-10(8-11)14(18)16-2/h3-9,17H,1-2H3,(H,16,18). The van der Waals surface area contributed by atoms with Crippen LogP contribution in [0.25, 0.3) is 0 Å². The van der Waals surface area contributed by atoms with Gasteiger partial charge in [-0.3, -0.25) is 4.79 Å². The highest BCUT2D eigenvalue weighted by Gasteiger charge is 2.09. The molecule has 1 unspecified atom stereocenters. The van der Waals surface area contributed by atoms with Crippen LogP contribution in [-0.2, 0) is 0 Å². The zero-order valence-corrected chi connectivity index (χ0v) is 13.1. The zero-order valence-electron chi connectivity index (χ0n) is 10.7. The minimum absolute atomic E-state index is 0.0739. The molecule has 1 atom stereocenters. The molecule has 0 spiro atoms. The number of hydrogen-bond acceptors (Lipinski definition) is 3. The van der Waals surface area contributed by atoms with Crippen LogP contribution in [0.3, 0.4) is 0 Å². The van der Waals surface area contributed by atoms with Gasteiger partial charge in [-0.05, 0) is 53.2 Å². The molecule has 2 aromatic rings. The molecule has 2 N–H and O–H groups in total. The summed E-state index contributed by atoms with van der Waals surface area (Å²) in [5.74, 6) is -0.0739. The number of anilines is 1. The molecule has 0 bridgehead atoms. The summed E-state index contributed by atoms with van der Waals surface area (Å²) in [6.07, 6.45) is 0. The SMILES string of the molecule is CNC(=O)c1cccc(NC(C)c2ccc(Br)s2)c1. The second-order valence-corrected chi connectivity index (χ2v) is 6.66. The summed E-state index contributed by atoms with van der Waals surface area (Å²) in [7, 11) is 1.63. The molecule has 1 aromatic heterocycles. The van der Waals surface area contributed by atoms with Gasteiger partial charge in [-0.25, -0.2) is 0 Å². The Labute approximate surface area is 125 Å². The van der Waals surface area contributed by atoms with Gasteiger partial charge in [0.1, 0.15) is 0 Å². The van der Waals surface area contributed by atoms with E-state index in [0.29, 0.717) is 5.56 Å². The van der Waals surface area contributed by atoms with Gasteiger partial charge in [0.25, 0.3) is 5.91 Å². The highest BCUT2D eigenvalue weighted by molar-refractivity contribution is 9.11. The molecule has 5 heteroatoms. The highest BCUT2D eigenvalue weighted by Crippen LogP contribution is 2.29. The number of hydrogen-bond donors (Lipinski definition) is 2. The molecule has 0 saturated carbocycles. The molecule has 0 fully saturated rings. The second-order valence-electron chi connectivity index (χ2n) is 4.17. The summed E-state index contributed by atoms with van der Waals surface area (Å²) in [5.41, 5.74) is 1.60. The van der Waals surface area contributed by atoms with Crippen LogP contribution in [0.5, 0.6) is 0 Å². The lowest BCUT2D eigenvalue weighted by molar-refractivity contribution is 0.0963. The van der Waals surface area contributed by atoms with Gasteiger partial charge in [0.15, 0.2) is 0 Å². The van der Waals surface area contributed by atoms with Gasteiger partial charge in [0, 0.05) is 23.2 Å². The molecule has 0 saturated heterocycles. The molecule has 100 valence electrons. The smallest absolute Gasteiger partial charge is 0.251 e. The van der Waals surface area contributed by atoms with Gasteiger partial charge in [-0.2, -0.15) is 0 Å². The predicted octanol–water partition coefficient (Wildman–Crippen LogP) is 4.04. The van der Waals surface area contributed by atoms with Gasteiger partial charge >= 0.3 is 0 Å². The second kappa shape index (κ2) is 6.21. The van der Waals surface area contributed by atoms with E-state index in [1.165, 1.54) is 4.88 Å². The van der Waals surface area contributed by atoms with E-state index in [0.717, 1.165) is 9.47 Å². The average molecular weight is 339 g/mol. The first kappa shape index (κ1) is 14.1. The zero-order chi connectivity index (χ0) is 13.8. The molecule has 1 aromatic carbocycles. The Morgan fingerprint density at radius 1 is 1.32 bits per heavy atom. The van der Waals surface area contributed by atoms with Crippen LogP contribution in [0, 0.1) is 0 Å². The lowest BCUT2D eigenvalue weighted by atomic mass is 10.1. The van der Waals surface area contributed by atoms with Gasteiger partial charge in [0.05, 0.1) is 9.83 Å². The predicted molar refractivity (Wildman–Crippen MR) is 83.9 cm³/mol. The van der Waals surface area contributed by atoms with Crippen molar-refractivity contribution in [2.24, 2.45) is 0 Å². The molecule has 3 nitrogen and oxygen atoms in total. The third kappa shape index (κ3) is 3.58. The monoisotopic (exact) mass is 338 g/mol. The van der Waals surface area contributed by atoms with Crippen molar-refractivity contribution in [3.8, 4) is 0 Å². The summed E-state index contributed by atoms with van der Waals surface area (Å²) in [6.45, 7) is 2.10. The first-order valence-corrected chi connectivity index (χ1v) is 7.55. The largest absolute Gasteiger partial charge is 0.378 e. The Balaban J connectivity index is 2.12. The van der Waals surface area contributed by atoms with Crippen molar-refractivity contribution in [1.82, 2.24) is 5.32 Å². The van der Waals surface area contributed by atoms with E-state index in [4.69, 9.17) is 0 Å². The van der Waals surface area contributed by atoms with Crippen molar-refractivity contribution in [3.05, 3.63) is 50.6 Å². The normalized spacial score (nSPS) is 11.9. The average Bonchev–Trinajstić information content (AvgIpc) is 2.85. The van der Waals surface area contributed by atoms with Crippen LogP contribution in [0.1, 0.15) is 28.2 Å². The van der Waals surface area contributed by atoms with Crippen LogP contribution in [0.2, 0.25) is 0 Å². The van der Waals surface area contributed by atoms with Crippen LogP contribution in [-0.4, -0.2) is 13.0 Å². The molecule has 2 rings (SSSR count). The van der Waals surface area contributed by atoms with Crippen LogP contribution >= 0.6 is 27.3 Å². The highest BCUT2D eigenvalue weighted by atomic mass is 79.9. The maximum absolute atomic E-state index is 11.6. The summed E-state index contributed by atoms with van der Waals surface area (Å²) in [6, 6.07) is 11.8. The van der Waals surface area contributed by atoms with E-state index in [1.54, 1.807) is 24.5 Å². The molecule has 0 aliphatic carbocycles. The molecule has 19 heavy (non-hydrogen) atoms. The molecule has 1 heterocycles. The Morgan fingerprint density at radius 2 is 2.11 bits per heavy atom. The maximum Gasteiger partial charge on any atom is 0.251 e. The summed E-state index contributed by atoms with van der Waals surface area (Å²) in [4.78, 5) is 12.8. The fraction of sp³-hybridized carbons (Fsp3) is 0.214. The van der Waals surface area contributed by atoms with E-state index in [9.17, 15) is 4.79 Å². The maximum atomic E-state index is 11.6. The van der Waals surface area contributed by atoms with E-state index in [1.807, 2.05) is 24.3 Å². The number of halogens is 1. The van der Waals surface area contributed by atoms with Crippen LogP contribution < -0.4 is 10.6 Å². The van der Waals surface area contributed by atoms with Gasteiger partial charge in [-0.15, -0.1) is 11.3 Å². The third-order valence-electron chi connectivity index (χ3n) is 2.76. The van der Waals surface area contributed by atoms with Crippen molar-refractivity contribution in [2.75, 3.05) is 12.4 Å². The van der Waals surface area contributed by atoms with Crippen molar-refractivity contribution in [3.63, 3.8) is 0 Å². The Bertz CT molecular complexity index is 582. The van der Waals surface area contributed by atoms with Gasteiger partial charge in [-0.1, -0.05) is 6.07 Å². The fourth-order valence-electron chi connectivity index (χ4n) is 1.78. The van der Waals surface area contributed by atoms with E-state index >= 15 is 0 Å². The number of carbonyl (C=O) groups is 1. The van der Waals surface area contributed by atoms with Crippen molar-refractivity contribution in [2.45, 2.75) is 13.0 Å². The fourth-order valence-corrected chi connectivity index (χ4v) is 3.20. The summed E-state index contributed by atoms with van der Waals surface area (Å²) < 4.78 is 1.12. The lowest BCUT2D eigenvalue weighted by Gasteiger charge is -2.14. The molecular formula is C14H15BrN2OS. The van der Waals surface area contributed by atoms with E-state index in [-0.39, 0.29) is 11.9 Å². The minimum atomic E-state index is -0.0739. The van der Waals surface area contributed by atoms with Crippen LogP contribution in [0.15, 0.2) is 40.2 Å². The number of amides is 1. The number of benzene rings is 1. The molecule has 1 amide bonds. The van der Waals surface area contributed by atoms with Gasteiger partial charge < -0.3 is 10.6 Å². The number of nitrogens with one attached hydrogen (secondary N) is 2. The minimum Gasteiger partial charge on any atom is -0.378 e. The van der Waals surface area contributed by atoms with Crippen molar-refractivity contribution >= 4 is 38.9 Å². The number of rotatable bonds is 4. The van der Waals surface area contributed by atoms with Crippen molar-refractivity contribution < 1.29 is 4.79 Å². The molecule has 0 aliphatic heterocycles. The lowest BCUT2D eigenvalue weighted by Crippen LogP contribution is -2.17. The van der Waals surface area contributed by atoms with Crippen LogP contribution in [0.4, 0.5) is 5.69 Å². The Kier molecular flexibility index (Phi) is 4.61. The first-order valence-electron chi connectivity index (χ1n) is 5.94. The quantitative estimate of drug-likeness (QED) is 0.883.